The van der Waals surface area contributed by atoms with E-state index in [9.17, 15) is 37.1 Å². The van der Waals surface area contributed by atoms with Gasteiger partial charge < -0.3 is 26.2 Å². The van der Waals surface area contributed by atoms with Crippen LogP contribution in [0.5, 0.6) is 0 Å². The maximum absolute atomic E-state index is 13.6. The summed E-state index contributed by atoms with van der Waals surface area (Å²) in [5.41, 5.74) is 4.17. The van der Waals surface area contributed by atoms with E-state index in [1.165, 1.54) is 30.6 Å². The van der Waals surface area contributed by atoms with Crippen LogP contribution < -0.4 is 16.4 Å². The molecule has 1 saturated carbocycles. The first-order valence-electron chi connectivity index (χ1n) is 12.3. The molecule has 13 heteroatoms. The maximum atomic E-state index is 13.6. The Kier molecular flexibility index (Phi) is 7.34. The number of carbonyl (C=O) groups excluding carboxylic acids is 5. The highest BCUT2D eigenvalue weighted by Crippen LogP contribution is 2.65. The van der Waals surface area contributed by atoms with Gasteiger partial charge in [-0.15, -0.1) is 0 Å². The average Bonchev–Trinajstić information content (AvgIpc) is 3.08. The van der Waals surface area contributed by atoms with E-state index < -0.39 is 59.3 Å². The number of amides is 5. The Hall–Kier alpha value is -2.86. The van der Waals surface area contributed by atoms with Crippen molar-refractivity contribution in [3.8, 4) is 0 Å². The summed E-state index contributed by atoms with van der Waals surface area (Å²) in [6.07, 6.45) is -4.72. The number of primary amides is 1. The monoisotopic (exact) mass is 531 g/mol. The van der Waals surface area contributed by atoms with Crippen LogP contribution in [0.4, 0.5) is 13.2 Å². The molecule has 10 nitrogen and oxygen atoms in total. The van der Waals surface area contributed by atoms with Crippen LogP contribution in [0.25, 0.3) is 0 Å². The fraction of sp³-hybridized carbons (Fsp3) is 0.792. The van der Waals surface area contributed by atoms with Gasteiger partial charge >= 0.3 is 12.1 Å². The SMILES string of the molecule is CN1CCC(C(NC(=O)[C@@H]2[C@@H]3[C@H](CN2C(=O)[C@@H](NC(=O)C(F)(F)F)C(C)(C)C)C3(C)C)C(N)=O)CC1=O. The quantitative estimate of drug-likeness (QED) is 0.455. The molecule has 208 valence electrons. The standard InChI is InChI=1S/C24H36F3N5O5/c1-22(2,3)17(30-21(37)24(25,26)27)20(36)32-10-12-14(23(12,4)5)16(32)19(35)29-15(18(28)34)11-7-8-31(6)13(33)9-11/h11-12,14-17H,7-10H2,1-6H3,(H2,28,34)(H,29,35)(H,30,37)/t11?,12-,14-,15?,16-,17+/m0/s1. The Balaban J connectivity index is 1.86. The summed E-state index contributed by atoms with van der Waals surface area (Å²) >= 11 is 0. The zero-order valence-corrected chi connectivity index (χ0v) is 21.9. The number of piperidine rings is 2. The van der Waals surface area contributed by atoms with Crippen molar-refractivity contribution in [3.05, 3.63) is 0 Å². The molecular weight excluding hydrogens is 495 g/mol. The van der Waals surface area contributed by atoms with E-state index in [2.05, 4.69) is 5.32 Å². The van der Waals surface area contributed by atoms with Gasteiger partial charge in [0.05, 0.1) is 0 Å². The molecule has 2 heterocycles. The number of nitrogens with zero attached hydrogens (tertiary/aromatic N) is 2. The summed E-state index contributed by atoms with van der Waals surface area (Å²) in [4.78, 5) is 66.0. The van der Waals surface area contributed by atoms with Crippen LogP contribution in [0.1, 0.15) is 47.5 Å². The first kappa shape index (κ1) is 28.7. The Morgan fingerprint density at radius 2 is 1.70 bits per heavy atom. The lowest BCUT2D eigenvalue weighted by Crippen LogP contribution is -2.62. The Labute approximate surface area is 213 Å². The van der Waals surface area contributed by atoms with Gasteiger partial charge in [-0.3, -0.25) is 24.0 Å². The zero-order chi connectivity index (χ0) is 28.2. The van der Waals surface area contributed by atoms with Gasteiger partial charge in [0.2, 0.25) is 23.6 Å². The number of alkyl halides is 3. The number of halogens is 3. The van der Waals surface area contributed by atoms with Crippen molar-refractivity contribution in [2.24, 2.45) is 34.3 Å². The van der Waals surface area contributed by atoms with Crippen LogP contribution >= 0.6 is 0 Å². The lowest BCUT2D eigenvalue weighted by Gasteiger charge is -2.38. The van der Waals surface area contributed by atoms with Gasteiger partial charge in [-0.25, -0.2) is 0 Å². The summed E-state index contributed by atoms with van der Waals surface area (Å²) < 4.78 is 39.0. The highest BCUT2D eigenvalue weighted by atomic mass is 19.4. The number of hydrogen-bond donors (Lipinski definition) is 3. The largest absolute Gasteiger partial charge is 0.471 e. The Morgan fingerprint density at radius 3 is 2.19 bits per heavy atom. The van der Waals surface area contributed by atoms with Crippen LogP contribution in [0.3, 0.4) is 0 Å². The molecule has 0 bridgehead atoms. The molecule has 2 saturated heterocycles. The smallest absolute Gasteiger partial charge is 0.368 e. The van der Waals surface area contributed by atoms with Crippen molar-refractivity contribution in [2.45, 2.75) is 71.8 Å². The minimum Gasteiger partial charge on any atom is -0.368 e. The molecule has 1 aliphatic carbocycles. The van der Waals surface area contributed by atoms with Crippen LogP contribution in [-0.2, 0) is 24.0 Å². The molecule has 0 aromatic carbocycles. The Bertz CT molecular complexity index is 992. The van der Waals surface area contributed by atoms with Crippen LogP contribution in [0, 0.1) is 28.6 Å². The first-order valence-corrected chi connectivity index (χ1v) is 12.3. The van der Waals surface area contributed by atoms with E-state index in [-0.39, 0.29) is 36.1 Å². The molecule has 0 radical (unpaired) electrons. The third kappa shape index (κ3) is 5.54. The molecule has 0 aromatic rings. The molecule has 3 aliphatic rings. The molecule has 37 heavy (non-hydrogen) atoms. The van der Waals surface area contributed by atoms with Gasteiger partial charge in [-0.1, -0.05) is 34.6 Å². The predicted molar refractivity (Wildman–Crippen MR) is 125 cm³/mol. The average molecular weight is 532 g/mol. The summed E-state index contributed by atoms with van der Waals surface area (Å²) in [5.74, 6) is -5.60. The van der Waals surface area contributed by atoms with Gasteiger partial charge in [0.1, 0.15) is 18.1 Å². The van der Waals surface area contributed by atoms with Crippen LogP contribution in [0.2, 0.25) is 0 Å². The number of hydrogen-bond acceptors (Lipinski definition) is 5. The third-order valence-corrected chi connectivity index (χ3v) is 8.18. The highest BCUT2D eigenvalue weighted by molar-refractivity contribution is 5.96. The van der Waals surface area contributed by atoms with Crippen molar-refractivity contribution in [1.29, 1.82) is 0 Å². The minimum absolute atomic E-state index is 0.0187. The van der Waals surface area contributed by atoms with Gasteiger partial charge in [-0.2, -0.15) is 13.2 Å². The van der Waals surface area contributed by atoms with Crippen molar-refractivity contribution < 1.29 is 37.1 Å². The summed E-state index contributed by atoms with van der Waals surface area (Å²) in [6, 6.07) is -3.76. The van der Waals surface area contributed by atoms with Crippen LogP contribution in [0.15, 0.2) is 0 Å². The second-order valence-corrected chi connectivity index (χ2v) is 12.1. The number of fused-ring (bicyclic) bond motifs is 1. The minimum atomic E-state index is -5.18. The molecule has 2 aliphatic heterocycles. The number of likely N-dealkylation sites (tertiary alicyclic amines) is 2. The second-order valence-electron chi connectivity index (χ2n) is 12.1. The van der Waals surface area contributed by atoms with E-state index in [0.717, 1.165) is 0 Å². The molecule has 4 N–H and O–H groups in total. The number of rotatable bonds is 6. The topological polar surface area (TPSA) is 142 Å². The molecule has 5 amide bonds. The van der Waals surface area contributed by atoms with E-state index in [4.69, 9.17) is 5.73 Å². The van der Waals surface area contributed by atoms with Crippen molar-refractivity contribution in [1.82, 2.24) is 20.4 Å². The van der Waals surface area contributed by atoms with Crippen molar-refractivity contribution in [3.63, 3.8) is 0 Å². The van der Waals surface area contributed by atoms with Gasteiger partial charge in [0.25, 0.3) is 0 Å². The number of nitrogens with two attached hydrogens (primary N) is 1. The summed E-state index contributed by atoms with van der Waals surface area (Å²) in [5, 5.41) is 4.44. The second kappa shape index (κ2) is 9.46. The summed E-state index contributed by atoms with van der Waals surface area (Å²) in [7, 11) is 1.64. The van der Waals surface area contributed by atoms with Gasteiger partial charge in [0.15, 0.2) is 0 Å². The molecular formula is C24H36F3N5O5. The van der Waals surface area contributed by atoms with E-state index >= 15 is 0 Å². The highest BCUT2D eigenvalue weighted by Gasteiger charge is 2.70. The molecule has 0 spiro atoms. The van der Waals surface area contributed by atoms with Gasteiger partial charge in [0, 0.05) is 26.6 Å². The normalized spacial score (nSPS) is 28.7. The number of nitrogens with one attached hydrogen (secondary N) is 2. The Morgan fingerprint density at radius 1 is 1.11 bits per heavy atom. The lowest BCUT2D eigenvalue weighted by molar-refractivity contribution is -0.176. The zero-order valence-electron chi connectivity index (χ0n) is 21.9. The van der Waals surface area contributed by atoms with E-state index in [0.29, 0.717) is 13.0 Å². The van der Waals surface area contributed by atoms with Crippen molar-refractivity contribution >= 4 is 29.5 Å². The van der Waals surface area contributed by atoms with E-state index in [1.807, 2.05) is 13.8 Å². The molecule has 3 rings (SSSR count). The maximum Gasteiger partial charge on any atom is 0.471 e. The van der Waals surface area contributed by atoms with E-state index in [1.54, 1.807) is 12.4 Å². The fourth-order valence-electron chi connectivity index (χ4n) is 5.75. The predicted octanol–water partition coefficient (Wildman–Crippen LogP) is 0.401. The molecule has 0 aromatic heterocycles. The first-order chi connectivity index (χ1) is 16.8. The molecule has 2 unspecified atom stereocenters. The summed E-state index contributed by atoms with van der Waals surface area (Å²) in [6.45, 7) is 8.92. The van der Waals surface area contributed by atoms with Crippen LogP contribution in [-0.4, -0.2) is 83.8 Å². The molecule has 6 atom stereocenters. The fourth-order valence-corrected chi connectivity index (χ4v) is 5.75. The molecule has 3 fully saturated rings. The third-order valence-electron chi connectivity index (χ3n) is 8.18. The lowest BCUT2D eigenvalue weighted by atomic mass is 9.85. The number of carbonyl (C=O) groups is 5. The van der Waals surface area contributed by atoms with Gasteiger partial charge in [-0.05, 0) is 35.0 Å². The van der Waals surface area contributed by atoms with Crippen molar-refractivity contribution in [2.75, 3.05) is 20.1 Å².